The fourth-order valence-electron chi connectivity index (χ4n) is 4.75. The topological polar surface area (TPSA) is 81.8 Å². The molecule has 0 atom stereocenters. The van der Waals surface area contributed by atoms with Gasteiger partial charge in [0.1, 0.15) is 5.56 Å². The molecule has 0 aromatic carbocycles. The van der Waals surface area contributed by atoms with Crippen LogP contribution in [0.25, 0.3) is 0 Å². The predicted molar refractivity (Wildman–Crippen MR) is 124 cm³/mol. The van der Waals surface area contributed by atoms with E-state index < -0.39 is 0 Å². The van der Waals surface area contributed by atoms with E-state index in [0.29, 0.717) is 19.0 Å². The van der Waals surface area contributed by atoms with Gasteiger partial charge in [0.05, 0.1) is 5.69 Å². The Balaban J connectivity index is 1.70. The second-order valence-electron chi connectivity index (χ2n) is 8.87. The van der Waals surface area contributed by atoms with Crippen LogP contribution in [0.1, 0.15) is 64.2 Å². The second-order valence-corrected chi connectivity index (χ2v) is 8.87. The molecule has 3 heterocycles. The summed E-state index contributed by atoms with van der Waals surface area (Å²) in [5.41, 5.74) is 4.63. The van der Waals surface area contributed by atoms with Crippen LogP contribution in [-0.4, -0.2) is 25.2 Å². The number of nitrogens with one attached hydrogen (secondary N) is 1. The summed E-state index contributed by atoms with van der Waals surface area (Å²) in [5.74, 6) is 0.189. The van der Waals surface area contributed by atoms with Gasteiger partial charge in [-0.05, 0) is 37.8 Å². The predicted octanol–water partition coefficient (Wildman–Crippen LogP) is 3.30. The van der Waals surface area contributed by atoms with Gasteiger partial charge in [0.15, 0.2) is 5.43 Å². The highest BCUT2D eigenvalue weighted by Gasteiger charge is 2.25. The third-order valence-corrected chi connectivity index (χ3v) is 6.43. The fraction of sp³-hybridized carbons (Fsp3) is 0.440. The van der Waals surface area contributed by atoms with Crippen LogP contribution < -0.4 is 10.7 Å². The van der Waals surface area contributed by atoms with E-state index in [0.717, 1.165) is 47.5 Å². The molecule has 1 N–H and O–H groups in total. The zero-order valence-corrected chi connectivity index (χ0v) is 19.1. The van der Waals surface area contributed by atoms with Crippen LogP contribution >= 0.6 is 0 Å². The number of nitrogens with zero attached hydrogens (tertiary/aromatic N) is 4. The highest BCUT2D eigenvalue weighted by Crippen LogP contribution is 2.29. The first-order valence-electron chi connectivity index (χ1n) is 11.3. The smallest absolute Gasteiger partial charge is 0.257 e. The summed E-state index contributed by atoms with van der Waals surface area (Å²) >= 11 is 0. The van der Waals surface area contributed by atoms with Crippen LogP contribution in [0.15, 0.2) is 41.6 Å². The molecule has 7 heteroatoms. The molecule has 32 heavy (non-hydrogen) atoms. The SMILES string of the molecule is Cc1nn(C)cc1CNC(=O)c1c(CC2CCCC2)n(Cc2cccnc2)c(C)cc1=O. The number of amides is 1. The Morgan fingerprint density at radius 2 is 2.03 bits per heavy atom. The van der Waals surface area contributed by atoms with Crippen molar-refractivity contribution in [1.82, 2.24) is 24.6 Å². The molecule has 168 valence electrons. The molecular weight excluding hydrogens is 402 g/mol. The van der Waals surface area contributed by atoms with E-state index in [1.807, 2.05) is 45.4 Å². The maximum atomic E-state index is 13.3. The number of rotatable bonds is 7. The van der Waals surface area contributed by atoms with Crippen LogP contribution in [0.2, 0.25) is 0 Å². The standard InChI is InChI=1S/C25H31N5O2/c1-17-11-23(31)24(25(32)27-14-21-16-29(3)28-18(21)2)22(12-19-7-4-5-8-19)30(17)15-20-9-6-10-26-13-20/h6,9-11,13,16,19H,4-5,7-8,12,14-15H2,1-3H3,(H,27,32). The molecule has 0 bridgehead atoms. The Kier molecular flexibility index (Phi) is 6.53. The first-order valence-corrected chi connectivity index (χ1v) is 11.3. The molecule has 0 unspecified atom stereocenters. The third-order valence-electron chi connectivity index (χ3n) is 6.43. The van der Waals surface area contributed by atoms with E-state index in [2.05, 4.69) is 20.0 Å². The van der Waals surface area contributed by atoms with Crippen molar-refractivity contribution in [2.24, 2.45) is 13.0 Å². The van der Waals surface area contributed by atoms with Gasteiger partial charge >= 0.3 is 0 Å². The van der Waals surface area contributed by atoms with Gasteiger partial charge < -0.3 is 9.88 Å². The van der Waals surface area contributed by atoms with Crippen molar-refractivity contribution in [2.75, 3.05) is 0 Å². The molecular formula is C25H31N5O2. The van der Waals surface area contributed by atoms with Crippen molar-refractivity contribution < 1.29 is 4.79 Å². The number of carbonyl (C=O) groups excluding carboxylic acids is 1. The number of carbonyl (C=O) groups is 1. The van der Waals surface area contributed by atoms with E-state index in [9.17, 15) is 9.59 Å². The zero-order chi connectivity index (χ0) is 22.7. The largest absolute Gasteiger partial charge is 0.348 e. The highest BCUT2D eigenvalue weighted by atomic mass is 16.2. The van der Waals surface area contributed by atoms with Gasteiger partial charge in [0.25, 0.3) is 5.91 Å². The highest BCUT2D eigenvalue weighted by molar-refractivity contribution is 5.95. The molecule has 4 rings (SSSR count). The maximum Gasteiger partial charge on any atom is 0.257 e. The molecule has 1 saturated carbocycles. The lowest BCUT2D eigenvalue weighted by atomic mass is 9.96. The van der Waals surface area contributed by atoms with Crippen LogP contribution in [0.5, 0.6) is 0 Å². The van der Waals surface area contributed by atoms with Gasteiger partial charge in [-0.2, -0.15) is 5.10 Å². The Morgan fingerprint density at radius 1 is 1.25 bits per heavy atom. The van der Waals surface area contributed by atoms with Gasteiger partial charge in [-0.3, -0.25) is 19.3 Å². The Bertz CT molecular complexity index is 1160. The molecule has 3 aromatic heterocycles. The minimum atomic E-state index is -0.314. The lowest BCUT2D eigenvalue weighted by molar-refractivity contribution is 0.0947. The number of pyridine rings is 2. The summed E-state index contributed by atoms with van der Waals surface area (Å²) < 4.78 is 3.86. The minimum absolute atomic E-state index is 0.210. The van der Waals surface area contributed by atoms with Crippen molar-refractivity contribution in [3.05, 3.63) is 80.8 Å². The van der Waals surface area contributed by atoms with Crippen LogP contribution in [0, 0.1) is 19.8 Å². The number of aromatic nitrogens is 4. The molecule has 0 saturated heterocycles. The minimum Gasteiger partial charge on any atom is -0.348 e. The summed E-state index contributed by atoms with van der Waals surface area (Å²) in [4.78, 5) is 30.6. The third kappa shape index (κ3) is 4.82. The molecule has 0 aliphatic heterocycles. The van der Waals surface area contributed by atoms with Gasteiger partial charge in [0, 0.05) is 61.7 Å². The second kappa shape index (κ2) is 9.51. The van der Waals surface area contributed by atoms with Gasteiger partial charge in [0.2, 0.25) is 0 Å². The van der Waals surface area contributed by atoms with Gasteiger partial charge in [-0.25, -0.2) is 0 Å². The molecule has 1 aliphatic rings. The zero-order valence-electron chi connectivity index (χ0n) is 19.1. The van der Waals surface area contributed by atoms with Crippen LogP contribution in [0.4, 0.5) is 0 Å². The average Bonchev–Trinajstić information content (AvgIpc) is 3.38. The molecule has 1 aliphatic carbocycles. The van der Waals surface area contributed by atoms with E-state index in [4.69, 9.17) is 0 Å². The summed E-state index contributed by atoms with van der Waals surface area (Å²) in [6.45, 7) is 4.79. The molecule has 1 amide bonds. The van der Waals surface area contributed by atoms with Crippen molar-refractivity contribution in [3.63, 3.8) is 0 Å². The van der Waals surface area contributed by atoms with E-state index >= 15 is 0 Å². The van der Waals surface area contributed by atoms with E-state index in [-0.39, 0.29) is 16.9 Å². The summed E-state index contributed by atoms with van der Waals surface area (Å²) in [6, 6.07) is 5.52. The molecule has 3 aromatic rings. The quantitative estimate of drug-likeness (QED) is 0.620. The van der Waals surface area contributed by atoms with Crippen LogP contribution in [-0.2, 0) is 26.6 Å². The lowest BCUT2D eigenvalue weighted by Crippen LogP contribution is -2.33. The van der Waals surface area contributed by atoms with Crippen molar-refractivity contribution in [2.45, 2.75) is 59.0 Å². The van der Waals surface area contributed by atoms with Gasteiger partial charge in [-0.1, -0.05) is 31.7 Å². The Morgan fingerprint density at radius 3 is 2.69 bits per heavy atom. The molecule has 0 spiro atoms. The fourth-order valence-corrected chi connectivity index (χ4v) is 4.75. The van der Waals surface area contributed by atoms with E-state index in [1.54, 1.807) is 16.9 Å². The Hall–Kier alpha value is -3.22. The molecule has 1 fully saturated rings. The van der Waals surface area contributed by atoms with Gasteiger partial charge in [-0.15, -0.1) is 0 Å². The van der Waals surface area contributed by atoms with E-state index in [1.165, 1.54) is 12.8 Å². The summed E-state index contributed by atoms with van der Waals surface area (Å²) in [6.07, 6.45) is 10.9. The Labute approximate surface area is 188 Å². The van der Waals surface area contributed by atoms with Crippen molar-refractivity contribution in [1.29, 1.82) is 0 Å². The van der Waals surface area contributed by atoms with Crippen molar-refractivity contribution >= 4 is 5.91 Å². The lowest BCUT2D eigenvalue weighted by Gasteiger charge is -2.22. The maximum absolute atomic E-state index is 13.3. The average molecular weight is 434 g/mol. The monoisotopic (exact) mass is 433 g/mol. The molecule has 7 nitrogen and oxygen atoms in total. The number of aryl methyl sites for hydroxylation is 3. The molecule has 0 radical (unpaired) electrons. The number of hydrogen-bond acceptors (Lipinski definition) is 4. The summed E-state index contributed by atoms with van der Waals surface area (Å²) in [5, 5.41) is 7.30. The number of hydrogen-bond donors (Lipinski definition) is 1. The summed E-state index contributed by atoms with van der Waals surface area (Å²) in [7, 11) is 1.86. The van der Waals surface area contributed by atoms with Crippen molar-refractivity contribution in [3.8, 4) is 0 Å². The first kappa shape index (κ1) is 22.0. The first-order chi connectivity index (χ1) is 15.4. The van der Waals surface area contributed by atoms with Crippen LogP contribution in [0.3, 0.4) is 0 Å². The normalized spacial score (nSPS) is 14.1.